The lowest BCUT2D eigenvalue weighted by Gasteiger charge is -2.11. The molecule has 32 heavy (non-hydrogen) atoms. The predicted octanol–water partition coefficient (Wildman–Crippen LogP) is 2.61. The number of carbonyl (C=O) groups is 2. The van der Waals surface area contributed by atoms with Gasteiger partial charge in [-0.3, -0.25) is 18.7 Å². The Labute approximate surface area is 185 Å². The van der Waals surface area contributed by atoms with Gasteiger partial charge >= 0.3 is 5.69 Å². The van der Waals surface area contributed by atoms with Crippen LogP contribution >= 0.6 is 0 Å². The summed E-state index contributed by atoms with van der Waals surface area (Å²) in [6.07, 6.45) is -0.0608. The van der Waals surface area contributed by atoms with Crippen molar-refractivity contribution in [1.82, 2.24) is 14.1 Å². The minimum absolute atomic E-state index is 0.0275. The zero-order chi connectivity index (χ0) is 23.3. The molecule has 3 rings (SSSR count). The number of benzene rings is 1. The third kappa shape index (κ3) is 4.74. The van der Waals surface area contributed by atoms with Crippen molar-refractivity contribution >= 4 is 34.5 Å². The Kier molecular flexibility index (Phi) is 7.14. The van der Waals surface area contributed by atoms with Crippen LogP contribution in [0.1, 0.15) is 26.7 Å². The van der Waals surface area contributed by atoms with Crippen molar-refractivity contribution in [3.8, 4) is 11.5 Å². The van der Waals surface area contributed by atoms with Crippen molar-refractivity contribution < 1.29 is 19.1 Å². The summed E-state index contributed by atoms with van der Waals surface area (Å²) in [5.41, 5.74) is 1.55. The number of pyridine rings is 1. The van der Waals surface area contributed by atoms with E-state index in [1.165, 1.54) is 14.2 Å². The molecule has 0 saturated heterocycles. The summed E-state index contributed by atoms with van der Waals surface area (Å²) in [4.78, 5) is 41.6. The van der Waals surface area contributed by atoms with E-state index in [2.05, 4.69) is 15.6 Å². The molecule has 2 aromatic heterocycles. The highest BCUT2D eigenvalue weighted by atomic mass is 16.5. The zero-order valence-electron chi connectivity index (χ0n) is 18.6. The zero-order valence-corrected chi connectivity index (χ0v) is 18.6. The summed E-state index contributed by atoms with van der Waals surface area (Å²) in [7, 11) is 3.03. The van der Waals surface area contributed by atoms with Crippen LogP contribution in [0.15, 0.2) is 35.1 Å². The quantitative estimate of drug-likeness (QED) is 0.527. The molecule has 0 atom stereocenters. The molecule has 0 unspecified atom stereocenters. The lowest BCUT2D eigenvalue weighted by Crippen LogP contribution is -2.23. The molecule has 0 aliphatic rings. The monoisotopic (exact) mass is 441 g/mol. The molecule has 0 fully saturated rings. The fraction of sp³-hybridized carbons (Fsp3) is 0.364. The van der Waals surface area contributed by atoms with Crippen LogP contribution < -0.4 is 25.8 Å². The third-order valence-corrected chi connectivity index (χ3v) is 5.02. The molecule has 1 aromatic carbocycles. The molecule has 10 heteroatoms. The van der Waals surface area contributed by atoms with Crippen LogP contribution in [-0.4, -0.2) is 40.2 Å². The maximum Gasteiger partial charge on any atom is 0.330 e. The second-order valence-electron chi connectivity index (χ2n) is 6.97. The summed E-state index contributed by atoms with van der Waals surface area (Å²) in [6.45, 7) is 4.76. The van der Waals surface area contributed by atoms with Gasteiger partial charge in [0, 0.05) is 32.0 Å². The molecule has 0 radical (unpaired) electrons. The average molecular weight is 441 g/mol. The molecule has 2 heterocycles. The largest absolute Gasteiger partial charge is 0.497 e. The van der Waals surface area contributed by atoms with Crippen molar-refractivity contribution in [1.29, 1.82) is 0 Å². The predicted molar refractivity (Wildman–Crippen MR) is 121 cm³/mol. The van der Waals surface area contributed by atoms with E-state index in [1.54, 1.807) is 39.5 Å². The lowest BCUT2D eigenvalue weighted by atomic mass is 10.2. The van der Waals surface area contributed by atoms with Gasteiger partial charge in [0.1, 0.15) is 17.3 Å². The number of aromatic nitrogens is 3. The van der Waals surface area contributed by atoms with E-state index in [0.29, 0.717) is 47.3 Å². The van der Waals surface area contributed by atoms with Gasteiger partial charge in [-0.05, 0) is 38.1 Å². The van der Waals surface area contributed by atoms with E-state index >= 15 is 0 Å². The Bertz CT molecular complexity index is 1200. The topological polar surface area (TPSA) is 116 Å². The number of imidazole rings is 1. The maximum atomic E-state index is 12.4. The fourth-order valence-corrected chi connectivity index (χ4v) is 3.41. The van der Waals surface area contributed by atoms with E-state index in [1.807, 2.05) is 13.8 Å². The second-order valence-corrected chi connectivity index (χ2v) is 6.97. The highest BCUT2D eigenvalue weighted by molar-refractivity contribution is 5.97. The first kappa shape index (κ1) is 22.9. The SMILES string of the molecule is CCn1c(=O)n(CC)c2nc(NC(=O)CCC(=O)Nc3cc(OC)ccc3OC)ccc21. The van der Waals surface area contributed by atoms with Gasteiger partial charge in [0.05, 0.1) is 25.4 Å². The van der Waals surface area contributed by atoms with Gasteiger partial charge in [-0.1, -0.05) is 0 Å². The minimum Gasteiger partial charge on any atom is -0.497 e. The number of anilines is 2. The van der Waals surface area contributed by atoms with Gasteiger partial charge in [0.15, 0.2) is 5.65 Å². The van der Waals surface area contributed by atoms with Crippen LogP contribution in [0.4, 0.5) is 11.5 Å². The number of hydrogen-bond acceptors (Lipinski definition) is 6. The molecule has 10 nitrogen and oxygen atoms in total. The summed E-state index contributed by atoms with van der Waals surface area (Å²) in [6, 6.07) is 8.46. The summed E-state index contributed by atoms with van der Waals surface area (Å²) >= 11 is 0. The van der Waals surface area contributed by atoms with Crippen molar-refractivity contribution in [3.05, 3.63) is 40.8 Å². The van der Waals surface area contributed by atoms with E-state index in [0.717, 1.165) is 0 Å². The number of ether oxygens (including phenoxy) is 2. The molecule has 0 aliphatic carbocycles. The number of carbonyl (C=O) groups excluding carboxylic acids is 2. The van der Waals surface area contributed by atoms with Gasteiger partial charge in [-0.2, -0.15) is 0 Å². The standard InChI is InChI=1S/C22H27N5O5/c1-5-26-16-8-10-18(25-21(16)27(6-2)22(26)30)24-20(29)12-11-19(28)23-15-13-14(31-3)7-9-17(15)32-4/h7-10,13H,5-6,11-12H2,1-4H3,(H,23,28)(H,24,25,29). The number of nitrogens with zero attached hydrogens (tertiary/aromatic N) is 3. The average Bonchev–Trinajstić information content (AvgIpc) is 3.07. The molecule has 0 saturated carbocycles. The molecule has 2 N–H and O–H groups in total. The number of hydrogen-bond donors (Lipinski definition) is 2. The van der Waals surface area contributed by atoms with E-state index < -0.39 is 0 Å². The van der Waals surface area contributed by atoms with Gasteiger partial charge in [-0.25, -0.2) is 9.78 Å². The fourth-order valence-electron chi connectivity index (χ4n) is 3.41. The van der Waals surface area contributed by atoms with Crippen molar-refractivity contribution in [2.24, 2.45) is 0 Å². The van der Waals surface area contributed by atoms with E-state index in [4.69, 9.17) is 9.47 Å². The first-order chi connectivity index (χ1) is 15.4. The maximum absolute atomic E-state index is 12.4. The first-order valence-corrected chi connectivity index (χ1v) is 10.3. The molecular formula is C22H27N5O5. The first-order valence-electron chi connectivity index (χ1n) is 10.3. The van der Waals surface area contributed by atoms with Crippen LogP contribution in [0.2, 0.25) is 0 Å². The van der Waals surface area contributed by atoms with Gasteiger partial charge in [0.2, 0.25) is 11.8 Å². The highest BCUT2D eigenvalue weighted by Crippen LogP contribution is 2.29. The number of nitrogens with one attached hydrogen (secondary N) is 2. The van der Waals surface area contributed by atoms with Crippen LogP contribution in [0.5, 0.6) is 11.5 Å². The lowest BCUT2D eigenvalue weighted by molar-refractivity contribution is -0.121. The number of fused-ring (bicyclic) bond motifs is 1. The van der Waals surface area contributed by atoms with E-state index in [9.17, 15) is 14.4 Å². The van der Waals surface area contributed by atoms with Crippen LogP contribution in [0.25, 0.3) is 11.2 Å². The Morgan fingerprint density at radius 3 is 2.25 bits per heavy atom. The van der Waals surface area contributed by atoms with Crippen molar-refractivity contribution in [3.63, 3.8) is 0 Å². The summed E-state index contributed by atoms with van der Waals surface area (Å²) < 4.78 is 13.6. The van der Waals surface area contributed by atoms with E-state index in [-0.39, 0.29) is 30.3 Å². The molecule has 3 aromatic rings. The number of amides is 2. The Morgan fingerprint density at radius 1 is 0.938 bits per heavy atom. The Morgan fingerprint density at radius 2 is 1.62 bits per heavy atom. The summed E-state index contributed by atoms with van der Waals surface area (Å²) in [5, 5.41) is 5.42. The second kappa shape index (κ2) is 9.99. The van der Waals surface area contributed by atoms with Crippen molar-refractivity contribution in [2.75, 3.05) is 24.9 Å². The van der Waals surface area contributed by atoms with Gasteiger partial charge in [0.25, 0.3) is 0 Å². The van der Waals surface area contributed by atoms with Crippen LogP contribution in [0, 0.1) is 0 Å². The molecule has 0 aliphatic heterocycles. The normalized spacial score (nSPS) is 10.8. The molecular weight excluding hydrogens is 414 g/mol. The number of aryl methyl sites for hydroxylation is 2. The Hall–Kier alpha value is -3.82. The van der Waals surface area contributed by atoms with Crippen LogP contribution in [0.3, 0.4) is 0 Å². The Balaban J connectivity index is 1.64. The molecule has 170 valence electrons. The van der Waals surface area contributed by atoms with Gasteiger partial charge in [-0.15, -0.1) is 0 Å². The molecule has 2 amide bonds. The minimum atomic E-state index is -0.357. The van der Waals surface area contributed by atoms with Crippen LogP contribution in [-0.2, 0) is 22.7 Å². The number of methoxy groups -OCH3 is 2. The molecule has 0 spiro atoms. The van der Waals surface area contributed by atoms with Gasteiger partial charge < -0.3 is 20.1 Å². The summed E-state index contributed by atoms with van der Waals surface area (Å²) in [5.74, 6) is 0.692. The van der Waals surface area contributed by atoms with Crippen molar-refractivity contribution in [2.45, 2.75) is 39.8 Å². The molecule has 0 bridgehead atoms. The third-order valence-electron chi connectivity index (χ3n) is 5.02. The smallest absolute Gasteiger partial charge is 0.330 e. The highest BCUT2D eigenvalue weighted by Gasteiger charge is 2.15. The number of rotatable bonds is 9.